The molecule has 3 N–H and O–H groups in total. The normalized spacial score (nSPS) is 23.7. The number of urea groups is 1. The van der Waals surface area contributed by atoms with Gasteiger partial charge in [0.25, 0.3) is 0 Å². The van der Waals surface area contributed by atoms with Crippen molar-refractivity contribution in [2.24, 2.45) is 0 Å². The summed E-state index contributed by atoms with van der Waals surface area (Å²) in [6.07, 6.45) is 3.29. The van der Waals surface area contributed by atoms with E-state index in [4.69, 9.17) is 4.74 Å². The molecule has 2 fully saturated rings. The number of thioether (sulfide) groups is 1. The Morgan fingerprint density at radius 3 is 3.11 bits per heavy atom. The van der Waals surface area contributed by atoms with Crippen molar-refractivity contribution in [1.29, 1.82) is 0 Å². The van der Waals surface area contributed by atoms with E-state index in [-0.39, 0.29) is 24.0 Å². The molecule has 2 aliphatic heterocycles. The quantitative estimate of drug-likeness (QED) is 0.486. The Hall–Kier alpha value is -2.00. The van der Waals surface area contributed by atoms with E-state index in [9.17, 15) is 9.59 Å². The minimum Gasteiger partial charge on any atom is -0.494 e. The number of para-hydroxylation sites is 1. The Morgan fingerprint density at radius 2 is 2.26 bits per heavy atom. The van der Waals surface area contributed by atoms with Gasteiger partial charge < -0.3 is 20.7 Å². The topological polar surface area (TPSA) is 92.4 Å². The first-order valence-electron chi connectivity index (χ1n) is 9.06. The van der Waals surface area contributed by atoms with Crippen LogP contribution in [0.25, 0.3) is 10.2 Å². The van der Waals surface area contributed by atoms with Gasteiger partial charge in [0.15, 0.2) is 5.13 Å². The summed E-state index contributed by atoms with van der Waals surface area (Å²) in [4.78, 5) is 28.1. The lowest BCUT2D eigenvalue weighted by molar-refractivity contribution is -0.116. The number of fused-ring (bicyclic) bond motifs is 2. The van der Waals surface area contributed by atoms with Gasteiger partial charge in [0.1, 0.15) is 11.3 Å². The Labute approximate surface area is 165 Å². The van der Waals surface area contributed by atoms with E-state index in [0.717, 1.165) is 35.2 Å². The van der Waals surface area contributed by atoms with Gasteiger partial charge in [-0.25, -0.2) is 9.78 Å². The third-order valence-corrected chi connectivity index (χ3v) is 7.37. The van der Waals surface area contributed by atoms with Crippen LogP contribution in [-0.2, 0) is 4.79 Å². The number of carbonyl (C=O) groups excluding carboxylic acids is 2. The second-order valence-electron chi connectivity index (χ2n) is 6.74. The highest BCUT2D eigenvalue weighted by Gasteiger charge is 2.42. The van der Waals surface area contributed by atoms with Crippen molar-refractivity contribution >= 4 is 50.4 Å². The Balaban J connectivity index is 1.23. The third kappa shape index (κ3) is 3.98. The average Bonchev–Trinajstić information content (AvgIpc) is 3.32. The number of thiazole rings is 1. The number of hydrogen-bond donors (Lipinski definition) is 3. The van der Waals surface area contributed by atoms with Crippen LogP contribution in [0, 0.1) is 0 Å². The zero-order chi connectivity index (χ0) is 18.8. The zero-order valence-corrected chi connectivity index (χ0v) is 16.6. The van der Waals surface area contributed by atoms with Crippen LogP contribution in [0.1, 0.15) is 25.7 Å². The number of aromatic nitrogens is 1. The molecule has 144 valence electrons. The molecule has 9 heteroatoms. The van der Waals surface area contributed by atoms with Crippen LogP contribution in [0.5, 0.6) is 5.75 Å². The number of hydrogen-bond acceptors (Lipinski definition) is 6. The molecule has 1 aromatic heterocycles. The minimum absolute atomic E-state index is 0.0131. The summed E-state index contributed by atoms with van der Waals surface area (Å²) in [7, 11) is 1.62. The Kier molecular flexibility index (Phi) is 5.40. The number of nitrogens with zero attached hydrogens (tertiary/aromatic N) is 1. The molecule has 0 aliphatic carbocycles. The summed E-state index contributed by atoms with van der Waals surface area (Å²) < 4.78 is 6.30. The van der Waals surface area contributed by atoms with Gasteiger partial charge in [-0.1, -0.05) is 23.8 Å². The summed E-state index contributed by atoms with van der Waals surface area (Å²) in [6.45, 7) is 0. The van der Waals surface area contributed by atoms with E-state index in [0.29, 0.717) is 22.6 Å². The van der Waals surface area contributed by atoms with Gasteiger partial charge in [-0.05, 0) is 25.0 Å². The maximum Gasteiger partial charge on any atom is 0.315 e. The molecular weight excluding hydrogens is 384 g/mol. The maximum absolute atomic E-state index is 12.2. The van der Waals surface area contributed by atoms with Crippen LogP contribution in [-0.4, -0.2) is 47.1 Å². The van der Waals surface area contributed by atoms with E-state index < -0.39 is 0 Å². The smallest absolute Gasteiger partial charge is 0.315 e. The van der Waals surface area contributed by atoms with Gasteiger partial charge in [-0.2, -0.15) is 11.8 Å². The fourth-order valence-corrected chi connectivity index (χ4v) is 6.04. The molecule has 0 saturated carbocycles. The molecular formula is C18H22N4O3S2. The van der Waals surface area contributed by atoms with E-state index in [1.165, 1.54) is 11.3 Å². The number of carbonyl (C=O) groups is 2. The molecule has 0 bridgehead atoms. The van der Waals surface area contributed by atoms with Crippen molar-refractivity contribution in [2.75, 3.05) is 18.2 Å². The van der Waals surface area contributed by atoms with Crippen molar-refractivity contribution in [3.8, 4) is 5.75 Å². The van der Waals surface area contributed by atoms with Gasteiger partial charge >= 0.3 is 6.03 Å². The van der Waals surface area contributed by atoms with Crippen molar-refractivity contribution in [1.82, 2.24) is 15.6 Å². The summed E-state index contributed by atoms with van der Waals surface area (Å²) in [5, 5.41) is 9.89. The Morgan fingerprint density at radius 1 is 1.37 bits per heavy atom. The first-order valence-corrected chi connectivity index (χ1v) is 10.9. The SMILES string of the molecule is COc1cccc2sc(NC(=O)CCCC[C@@H]3SC[C@H]4NC(=O)N[C@H]34)nc12. The fourth-order valence-electron chi connectivity index (χ4n) is 3.60. The molecule has 0 unspecified atom stereocenters. The monoisotopic (exact) mass is 406 g/mol. The molecule has 3 heterocycles. The van der Waals surface area contributed by atoms with Gasteiger partial charge in [-0.15, -0.1) is 0 Å². The van der Waals surface area contributed by atoms with E-state index >= 15 is 0 Å². The number of amides is 3. The highest BCUT2D eigenvalue weighted by Crippen LogP contribution is 2.34. The summed E-state index contributed by atoms with van der Waals surface area (Å²) in [5.41, 5.74) is 0.778. The maximum atomic E-state index is 12.2. The number of ether oxygens (including phenoxy) is 1. The van der Waals surface area contributed by atoms with Crippen molar-refractivity contribution in [2.45, 2.75) is 43.0 Å². The predicted molar refractivity (Wildman–Crippen MR) is 109 cm³/mol. The molecule has 2 aliphatic rings. The summed E-state index contributed by atoms with van der Waals surface area (Å²) >= 11 is 3.36. The lowest BCUT2D eigenvalue weighted by Gasteiger charge is -2.16. The average molecular weight is 407 g/mol. The van der Waals surface area contributed by atoms with Gasteiger partial charge in [0, 0.05) is 17.4 Å². The molecule has 0 radical (unpaired) electrons. The molecule has 3 atom stereocenters. The number of unbranched alkanes of at least 4 members (excludes halogenated alkanes) is 1. The van der Waals surface area contributed by atoms with Crippen LogP contribution in [0.15, 0.2) is 18.2 Å². The van der Waals surface area contributed by atoms with Gasteiger partial charge in [0.2, 0.25) is 5.91 Å². The van der Waals surface area contributed by atoms with Crippen LogP contribution in [0.4, 0.5) is 9.93 Å². The molecule has 27 heavy (non-hydrogen) atoms. The molecule has 0 spiro atoms. The van der Waals surface area contributed by atoms with Crippen molar-refractivity contribution in [3.63, 3.8) is 0 Å². The second kappa shape index (κ2) is 7.93. The van der Waals surface area contributed by atoms with E-state index in [2.05, 4.69) is 20.9 Å². The largest absolute Gasteiger partial charge is 0.494 e. The lowest BCUT2D eigenvalue weighted by Crippen LogP contribution is -2.36. The number of nitrogens with one attached hydrogen (secondary N) is 3. The number of anilines is 1. The summed E-state index contributed by atoms with van der Waals surface area (Å²) in [5.74, 6) is 1.67. The molecule has 2 aromatic rings. The summed E-state index contributed by atoms with van der Waals surface area (Å²) in [6, 6.07) is 6.18. The van der Waals surface area contributed by atoms with Gasteiger partial charge in [-0.3, -0.25) is 4.79 Å². The standard InChI is InChI=1S/C18H22N4O3S2/c1-25-11-5-4-7-13-16(11)22-18(27-13)20-14(23)8-3-2-6-12-15-10(9-26-12)19-17(24)21-15/h4-5,7,10,12,15H,2-3,6,8-9H2,1H3,(H2,19,21,24)(H,20,22,23)/t10-,12+,15+/m1/s1. The van der Waals surface area contributed by atoms with Gasteiger partial charge in [0.05, 0.1) is 23.9 Å². The highest BCUT2D eigenvalue weighted by atomic mass is 32.2. The number of benzene rings is 1. The minimum atomic E-state index is -0.0536. The molecule has 2 saturated heterocycles. The third-order valence-electron chi connectivity index (χ3n) is 4.93. The Bertz CT molecular complexity index is 856. The van der Waals surface area contributed by atoms with E-state index in [1.807, 2.05) is 30.0 Å². The highest BCUT2D eigenvalue weighted by molar-refractivity contribution is 8.00. The number of rotatable bonds is 7. The van der Waals surface area contributed by atoms with Crippen LogP contribution in [0.3, 0.4) is 0 Å². The fraction of sp³-hybridized carbons (Fsp3) is 0.500. The first-order chi connectivity index (χ1) is 13.1. The van der Waals surface area contributed by atoms with Crippen LogP contribution < -0.4 is 20.7 Å². The first kappa shape index (κ1) is 18.4. The van der Waals surface area contributed by atoms with Crippen LogP contribution >= 0.6 is 23.1 Å². The van der Waals surface area contributed by atoms with Crippen LogP contribution in [0.2, 0.25) is 0 Å². The molecule has 1 aromatic carbocycles. The zero-order valence-electron chi connectivity index (χ0n) is 15.0. The molecule has 4 rings (SSSR count). The predicted octanol–water partition coefficient (Wildman–Crippen LogP) is 2.97. The molecule has 7 nitrogen and oxygen atoms in total. The van der Waals surface area contributed by atoms with Crippen molar-refractivity contribution in [3.05, 3.63) is 18.2 Å². The second-order valence-corrected chi connectivity index (χ2v) is 9.04. The molecule has 3 amide bonds. The van der Waals surface area contributed by atoms with Crippen molar-refractivity contribution < 1.29 is 14.3 Å². The lowest BCUT2D eigenvalue weighted by atomic mass is 10.0. The number of methoxy groups -OCH3 is 1. The van der Waals surface area contributed by atoms with E-state index in [1.54, 1.807) is 7.11 Å².